The molecule has 7 nitrogen and oxygen atoms in total. The van der Waals surface area contributed by atoms with E-state index in [0.717, 1.165) is 36.5 Å². The number of carbonyl (C=O) groups is 1. The average Bonchev–Trinajstić information content (AvgIpc) is 3.36. The molecule has 2 N–H and O–H groups in total. The number of thiazole rings is 1. The molecule has 2 bridgehead atoms. The lowest BCUT2D eigenvalue weighted by molar-refractivity contribution is 0.137. The highest BCUT2D eigenvalue weighted by Gasteiger charge is 2.44. The number of ether oxygens (including phenoxy) is 1. The minimum Gasteiger partial charge on any atom is -0.431 e. The average molecular weight is 381 g/mol. The van der Waals surface area contributed by atoms with Crippen molar-refractivity contribution in [2.75, 3.05) is 13.1 Å². The first-order chi connectivity index (χ1) is 13.2. The van der Waals surface area contributed by atoms with E-state index in [9.17, 15) is 4.79 Å². The van der Waals surface area contributed by atoms with Crippen LogP contribution >= 0.6 is 11.3 Å². The van der Waals surface area contributed by atoms with Crippen LogP contribution in [0.1, 0.15) is 12.0 Å². The number of fused-ring (bicyclic) bond motifs is 3. The third kappa shape index (κ3) is 3.11. The van der Waals surface area contributed by atoms with Gasteiger partial charge in [0.05, 0.1) is 4.70 Å². The van der Waals surface area contributed by atoms with Crippen LogP contribution in [0.25, 0.3) is 10.3 Å². The molecule has 2 aromatic heterocycles. The maximum absolute atomic E-state index is 11.4. The van der Waals surface area contributed by atoms with Gasteiger partial charge in [0.25, 0.3) is 5.19 Å². The molecule has 0 saturated carbocycles. The number of piperazine rings is 1. The molecule has 2 saturated heterocycles. The van der Waals surface area contributed by atoms with Crippen molar-refractivity contribution in [3.63, 3.8) is 0 Å². The lowest BCUT2D eigenvalue weighted by Gasteiger charge is -2.33. The van der Waals surface area contributed by atoms with Gasteiger partial charge in [-0.05, 0) is 36.2 Å². The number of aromatic nitrogens is 2. The number of nitrogens with two attached hydrogens (primary N) is 1. The Kier molecular flexibility index (Phi) is 3.95. The summed E-state index contributed by atoms with van der Waals surface area (Å²) in [6.45, 7) is 2.51. The van der Waals surface area contributed by atoms with Crippen LogP contribution in [0.5, 0.6) is 10.9 Å². The second-order valence-corrected chi connectivity index (χ2v) is 8.01. The van der Waals surface area contributed by atoms with Crippen molar-refractivity contribution in [2.45, 2.75) is 25.0 Å². The van der Waals surface area contributed by atoms with Crippen LogP contribution in [-0.2, 0) is 6.54 Å². The predicted molar refractivity (Wildman–Crippen MR) is 103 cm³/mol. The maximum Gasteiger partial charge on any atom is 0.315 e. The third-order valence-corrected chi connectivity index (χ3v) is 6.18. The number of hydrogen-bond acceptors (Lipinski definition) is 6. The van der Waals surface area contributed by atoms with Crippen LogP contribution in [0.15, 0.2) is 42.6 Å². The molecule has 5 rings (SSSR count). The second-order valence-electron chi connectivity index (χ2n) is 7.01. The Bertz CT molecular complexity index is 956. The molecule has 27 heavy (non-hydrogen) atoms. The molecule has 3 aromatic rings. The van der Waals surface area contributed by atoms with Gasteiger partial charge in [-0.1, -0.05) is 23.5 Å². The topological polar surface area (TPSA) is 84.6 Å². The number of rotatable bonds is 4. The van der Waals surface area contributed by atoms with Gasteiger partial charge < -0.3 is 15.4 Å². The minimum absolute atomic E-state index is 0.266. The van der Waals surface area contributed by atoms with Gasteiger partial charge in [0.15, 0.2) is 5.65 Å². The van der Waals surface area contributed by atoms with Crippen LogP contribution in [-0.4, -0.2) is 51.0 Å². The largest absolute Gasteiger partial charge is 0.431 e. The fourth-order valence-corrected chi connectivity index (χ4v) is 4.80. The van der Waals surface area contributed by atoms with E-state index in [1.165, 1.54) is 16.9 Å². The number of carbonyl (C=O) groups excluding carboxylic acids is 1. The number of hydrogen-bond donors (Lipinski definition) is 1. The summed E-state index contributed by atoms with van der Waals surface area (Å²) >= 11 is 1.49. The van der Waals surface area contributed by atoms with Gasteiger partial charge in [-0.25, -0.2) is 9.78 Å². The minimum atomic E-state index is -0.298. The Morgan fingerprint density at radius 2 is 2.07 bits per heavy atom. The molecule has 2 atom stereocenters. The molecular weight excluding hydrogens is 362 g/mol. The van der Waals surface area contributed by atoms with Crippen LogP contribution in [0, 0.1) is 0 Å². The fourth-order valence-electron chi connectivity index (χ4n) is 4.00. The molecule has 2 fully saturated rings. The molecule has 0 aliphatic carbocycles. The highest BCUT2D eigenvalue weighted by Crippen LogP contribution is 2.33. The zero-order valence-corrected chi connectivity index (χ0v) is 15.4. The molecule has 2 amide bonds. The van der Waals surface area contributed by atoms with E-state index in [-0.39, 0.29) is 12.1 Å². The number of nitrogens with zero attached hydrogens (tertiary/aromatic N) is 4. The molecule has 4 heterocycles. The van der Waals surface area contributed by atoms with Crippen molar-refractivity contribution in [3.8, 4) is 10.9 Å². The maximum atomic E-state index is 11.4. The van der Waals surface area contributed by atoms with Gasteiger partial charge in [-0.15, -0.1) is 0 Å². The molecule has 0 radical (unpaired) electrons. The molecule has 8 heteroatoms. The summed E-state index contributed by atoms with van der Waals surface area (Å²) in [5.41, 5.74) is 7.37. The summed E-state index contributed by atoms with van der Waals surface area (Å²) in [7, 11) is 0. The number of primary amides is 1. The highest BCUT2D eigenvalue weighted by molar-refractivity contribution is 7.20. The second kappa shape index (κ2) is 6.47. The molecule has 0 unspecified atom stereocenters. The van der Waals surface area contributed by atoms with Gasteiger partial charge >= 0.3 is 6.03 Å². The van der Waals surface area contributed by atoms with Crippen LogP contribution in [0.4, 0.5) is 4.79 Å². The molecule has 138 valence electrons. The van der Waals surface area contributed by atoms with Crippen LogP contribution < -0.4 is 10.5 Å². The molecule has 2 aliphatic rings. The number of pyridine rings is 1. The van der Waals surface area contributed by atoms with Gasteiger partial charge in [-0.2, -0.15) is 4.98 Å². The Balaban J connectivity index is 1.23. The Labute approximate surface area is 160 Å². The first-order valence-electron chi connectivity index (χ1n) is 8.94. The van der Waals surface area contributed by atoms with Crippen molar-refractivity contribution < 1.29 is 9.53 Å². The Morgan fingerprint density at radius 3 is 2.78 bits per heavy atom. The van der Waals surface area contributed by atoms with Gasteiger partial charge in [0, 0.05) is 37.9 Å². The van der Waals surface area contributed by atoms with E-state index in [1.807, 2.05) is 24.3 Å². The SMILES string of the molecule is NC(=O)N1C[C@H]2C[C@@H]1CN2Cc1ccc(Oc2nc3ncccc3s2)cc1. The number of likely N-dealkylation sites (tertiary alicyclic amines) is 2. The van der Waals surface area contributed by atoms with Crippen molar-refractivity contribution in [1.82, 2.24) is 19.8 Å². The standard InChI is InChI=1S/C19H19N5O2S/c20-18(25)24-11-13-8-14(24)10-23(13)9-12-3-5-15(6-4-12)26-19-22-17-16(27-19)2-1-7-21-17/h1-7,13-14H,8-11H2,(H2,20,25)/t13-,14-/m1/s1. The normalized spacial score (nSPS) is 21.9. The zero-order chi connectivity index (χ0) is 18.4. The smallest absolute Gasteiger partial charge is 0.315 e. The zero-order valence-electron chi connectivity index (χ0n) is 14.6. The monoisotopic (exact) mass is 381 g/mol. The summed E-state index contributed by atoms with van der Waals surface area (Å²) in [4.78, 5) is 24.3. The van der Waals surface area contributed by atoms with E-state index in [1.54, 1.807) is 11.1 Å². The predicted octanol–water partition coefficient (Wildman–Crippen LogP) is 2.82. The quantitative estimate of drug-likeness (QED) is 0.751. The number of amides is 2. The summed E-state index contributed by atoms with van der Waals surface area (Å²) < 4.78 is 6.89. The number of urea groups is 1. The summed E-state index contributed by atoms with van der Waals surface area (Å²) in [6.07, 6.45) is 2.75. The first-order valence-corrected chi connectivity index (χ1v) is 9.76. The highest BCUT2D eigenvalue weighted by atomic mass is 32.1. The summed E-state index contributed by atoms with van der Waals surface area (Å²) in [6, 6.07) is 12.4. The van der Waals surface area contributed by atoms with Crippen molar-refractivity contribution in [1.29, 1.82) is 0 Å². The van der Waals surface area contributed by atoms with E-state index in [0.29, 0.717) is 16.9 Å². The first kappa shape index (κ1) is 16.5. The molecular formula is C19H19N5O2S. The van der Waals surface area contributed by atoms with E-state index >= 15 is 0 Å². The third-order valence-electron chi connectivity index (χ3n) is 5.30. The molecule has 0 spiro atoms. The fraction of sp³-hybridized carbons (Fsp3) is 0.316. The van der Waals surface area contributed by atoms with Crippen LogP contribution in [0.3, 0.4) is 0 Å². The summed E-state index contributed by atoms with van der Waals surface area (Å²) in [5, 5.41) is 0.597. The molecule has 1 aromatic carbocycles. The van der Waals surface area contributed by atoms with Gasteiger partial charge in [-0.3, -0.25) is 4.90 Å². The lowest BCUT2D eigenvalue weighted by atomic mass is 10.2. The summed E-state index contributed by atoms with van der Waals surface area (Å²) in [5.74, 6) is 0.764. The van der Waals surface area contributed by atoms with Crippen molar-refractivity contribution >= 4 is 27.7 Å². The molecule has 2 aliphatic heterocycles. The van der Waals surface area contributed by atoms with Crippen molar-refractivity contribution in [2.24, 2.45) is 5.73 Å². The van der Waals surface area contributed by atoms with Gasteiger partial charge in [0.2, 0.25) is 0 Å². The number of benzene rings is 1. The van der Waals surface area contributed by atoms with E-state index in [2.05, 4.69) is 27.0 Å². The van der Waals surface area contributed by atoms with Crippen molar-refractivity contribution in [3.05, 3.63) is 48.2 Å². The Morgan fingerprint density at radius 1 is 1.22 bits per heavy atom. The van der Waals surface area contributed by atoms with Gasteiger partial charge in [0.1, 0.15) is 5.75 Å². The lowest BCUT2D eigenvalue weighted by Crippen LogP contribution is -2.50. The van der Waals surface area contributed by atoms with E-state index < -0.39 is 0 Å². The van der Waals surface area contributed by atoms with Crippen LogP contribution in [0.2, 0.25) is 0 Å². The Hall–Kier alpha value is -2.71. The van der Waals surface area contributed by atoms with E-state index in [4.69, 9.17) is 10.5 Å².